The van der Waals surface area contributed by atoms with Crippen molar-refractivity contribution in [2.24, 2.45) is 0 Å². The number of aryl methyl sites for hydroxylation is 1. The molecule has 1 unspecified atom stereocenters. The topological polar surface area (TPSA) is 75.1 Å². The molecule has 2 N–H and O–H groups in total. The van der Waals surface area contributed by atoms with E-state index < -0.39 is 5.97 Å². The highest BCUT2D eigenvalue weighted by Gasteiger charge is 2.12. The zero-order chi connectivity index (χ0) is 14.5. The van der Waals surface area contributed by atoms with E-state index in [2.05, 4.69) is 39.6 Å². The average Bonchev–Trinajstić information content (AvgIpc) is 2.45. The van der Waals surface area contributed by atoms with Crippen LogP contribution in [0.1, 0.15) is 40.1 Å². The van der Waals surface area contributed by atoms with Gasteiger partial charge in [-0.25, -0.2) is 14.8 Å². The van der Waals surface area contributed by atoms with Crippen molar-refractivity contribution in [3.8, 4) is 0 Å². The fourth-order valence-corrected chi connectivity index (χ4v) is 1.90. The van der Waals surface area contributed by atoms with E-state index in [9.17, 15) is 4.79 Å². The van der Waals surface area contributed by atoms with Gasteiger partial charge < -0.3 is 10.4 Å². The number of aromatic carboxylic acids is 1. The lowest BCUT2D eigenvalue weighted by Gasteiger charge is -2.14. The van der Waals surface area contributed by atoms with Crippen LogP contribution < -0.4 is 5.32 Å². The fraction of sp³-hybridized carbons (Fsp3) is 0.267. The van der Waals surface area contributed by atoms with E-state index in [1.165, 1.54) is 18.1 Å². The number of hydrogen-bond donors (Lipinski definition) is 2. The van der Waals surface area contributed by atoms with Crippen molar-refractivity contribution in [3.63, 3.8) is 0 Å². The molecule has 20 heavy (non-hydrogen) atoms. The molecule has 5 heteroatoms. The second-order valence-corrected chi connectivity index (χ2v) is 4.70. The van der Waals surface area contributed by atoms with Crippen LogP contribution in [0.15, 0.2) is 36.8 Å². The Hall–Kier alpha value is -2.27. The first-order valence-electron chi connectivity index (χ1n) is 6.40. The van der Waals surface area contributed by atoms with Crippen LogP contribution in [0.3, 0.4) is 0 Å². The molecule has 0 saturated heterocycles. The van der Waals surface area contributed by atoms with Gasteiger partial charge >= 0.3 is 5.97 Å². The van der Waals surface area contributed by atoms with E-state index in [-0.39, 0.29) is 11.6 Å². The monoisotopic (exact) mass is 271 g/mol. The Labute approximate surface area is 117 Å². The first kappa shape index (κ1) is 14.1. The van der Waals surface area contributed by atoms with Gasteiger partial charge in [0.2, 0.25) is 0 Å². The number of benzene rings is 1. The maximum absolute atomic E-state index is 11.1. The Morgan fingerprint density at radius 1 is 1.35 bits per heavy atom. The van der Waals surface area contributed by atoms with E-state index in [0.717, 1.165) is 5.56 Å². The summed E-state index contributed by atoms with van der Waals surface area (Å²) < 4.78 is 0. The number of hydrogen-bond acceptors (Lipinski definition) is 4. The molecule has 2 rings (SSSR count). The molecule has 1 heterocycles. The summed E-state index contributed by atoms with van der Waals surface area (Å²) in [7, 11) is 0. The summed E-state index contributed by atoms with van der Waals surface area (Å²) >= 11 is 0. The number of carboxylic acid groups (broad SMARTS) is 1. The molecule has 0 aliphatic heterocycles. The second kappa shape index (κ2) is 6.25. The predicted molar refractivity (Wildman–Crippen MR) is 75.4 cm³/mol. The van der Waals surface area contributed by atoms with Crippen LogP contribution in [-0.4, -0.2) is 21.0 Å². The Morgan fingerprint density at radius 2 is 2.05 bits per heavy atom. The first-order chi connectivity index (χ1) is 9.58. The van der Waals surface area contributed by atoms with Crippen LogP contribution in [0.4, 0.5) is 0 Å². The number of nitrogens with zero attached hydrogens (tertiary/aromatic N) is 2. The summed E-state index contributed by atoms with van der Waals surface area (Å²) in [5.41, 5.74) is 2.99. The van der Waals surface area contributed by atoms with E-state index in [1.54, 1.807) is 0 Å². The molecule has 2 aromatic rings. The molecule has 104 valence electrons. The maximum Gasteiger partial charge on any atom is 0.339 e. The van der Waals surface area contributed by atoms with E-state index in [4.69, 9.17) is 5.11 Å². The van der Waals surface area contributed by atoms with Gasteiger partial charge in [0.25, 0.3) is 0 Å². The molecule has 0 amide bonds. The molecule has 1 aromatic carbocycles. The largest absolute Gasteiger partial charge is 0.478 e. The highest BCUT2D eigenvalue weighted by atomic mass is 16.4. The Kier molecular flexibility index (Phi) is 4.42. The third-order valence-corrected chi connectivity index (χ3v) is 3.18. The van der Waals surface area contributed by atoms with Crippen LogP contribution in [-0.2, 0) is 6.54 Å². The van der Waals surface area contributed by atoms with Crippen molar-refractivity contribution >= 4 is 5.97 Å². The number of carbonyl (C=O) groups is 1. The molecule has 5 nitrogen and oxygen atoms in total. The number of aromatic nitrogens is 2. The normalized spacial score (nSPS) is 12.1. The lowest BCUT2D eigenvalue weighted by molar-refractivity contribution is 0.0694. The standard InChI is InChI=1S/C15H17N3O2/c1-10-3-5-12(6-4-10)11(2)17-8-14-13(15(19)20)7-16-9-18-14/h3-7,9,11,17H,8H2,1-2H3,(H,19,20). The molecule has 0 saturated carbocycles. The molecule has 1 atom stereocenters. The Morgan fingerprint density at radius 3 is 2.70 bits per heavy atom. The molecular weight excluding hydrogens is 254 g/mol. The summed E-state index contributed by atoms with van der Waals surface area (Å²) in [5, 5.41) is 12.3. The van der Waals surface area contributed by atoms with Gasteiger partial charge in [-0.15, -0.1) is 0 Å². The Balaban J connectivity index is 2.05. The second-order valence-electron chi connectivity index (χ2n) is 4.70. The van der Waals surface area contributed by atoms with Gasteiger partial charge in [0.1, 0.15) is 11.9 Å². The lowest BCUT2D eigenvalue weighted by atomic mass is 10.1. The van der Waals surface area contributed by atoms with Gasteiger partial charge in [0.15, 0.2) is 0 Å². The maximum atomic E-state index is 11.1. The van der Waals surface area contributed by atoms with Crippen molar-refractivity contribution in [3.05, 3.63) is 59.2 Å². The quantitative estimate of drug-likeness (QED) is 0.873. The minimum atomic E-state index is -1.01. The van der Waals surface area contributed by atoms with Gasteiger partial charge in [0.05, 0.1) is 5.69 Å². The van der Waals surface area contributed by atoms with Crippen LogP contribution in [0.25, 0.3) is 0 Å². The van der Waals surface area contributed by atoms with E-state index in [0.29, 0.717) is 12.2 Å². The zero-order valence-electron chi connectivity index (χ0n) is 11.5. The summed E-state index contributed by atoms with van der Waals surface area (Å²) in [6, 6.07) is 8.35. The molecular formula is C15H17N3O2. The Bertz CT molecular complexity index is 596. The SMILES string of the molecule is Cc1ccc(C(C)NCc2ncncc2C(=O)O)cc1. The third-order valence-electron chi connectivity index (χ3n) is 3.18. The summed E-state index contributed by atoms with van der Waals surface area (Å²) in [4.78, 5) is 18.8. The van der Waals surface area contributed by atoms with Gasteiger partial charge in [-0.2, -0.15) is 0 Å². The van der Waals surface area contributed by atoms with Gasteiger partial charge in [-0.1, -0.05) is 29.8 Å². The van der Waals surface area contributed by atoms with Crippen molar-refractivity contribution in [2.75, 3.05) is 0 Å². The minimum absolute atomic E-state index is 0.118. The van der Waals surface area contributed by atoms with Gasteiger partial charge in [0, 0.05) is 18.8 Å². The molecule has 0 fully saturated rings. The smallest absolute Gasteiger partial charge is 0.339 e. The average molecular weight is 271 g/mol. The molecule has 0 spiro atoms. The van der Waals surface area contributed by atoms with Crippen LogP contribution in [0.5, 0.6) is 0 Å². The first-order valence-corrected chi connectivity index (χ1v) is 6.40. The van der Waals surface area contributed by atoms with Gasteiger partial charge in [-0.05, 0) is 19.4 Å². The molecule has 0 aliphatic rings. The minimum Gasteiger partial charge on any atom is -0.478 e. The number of nitrogens with one attached hydrogen (secondary N) is 1. The van der Waals surface area contributed by atoms with Crippen LogP contribution in [0, 0.1) is 6.92 Å². The molecule has 0 radical (unpaired) electrons. The number of rotatable bonds is 5. The number of carboxylic acids is 1. The van der Waals surface area contributed by atoms with Crippen LogP contribution >= 0.6 is 0 Å². The highest BCUT2D eigenvalue weighted by molar-refractivity contribution is 5.88. The molecule has 0 bridgehead atoms. The lowest BCUT2D eigenvalue weighted by Crippen LogP contribution is -2.20. The fourth-order valence-electron chi connectivity index (χ4n) is 1.90. The van der Waals surface area contributed by atoms with Crippen molar-refractivity contribution in [2.45, 2.75) is 26.4 Å². The summed E-state index contributed by atoms with van der Waals surface area (Å²) in [6.45, 7) is 4.47. The highest BCUT2D eigenvalue weighted by Crippen LogP contribution is 2.14. The predicted octanol–water partition coefficient (Wildman–Crippen LogP) is 2.33. The van der Waals surface area contributed by atoms with Crippen molar-refractivity contribution in [1.29, 1.82) is 0 Å². The van der Waals surface area contributed by atoms with E-state index >= 15 is 0 Å². The zero-order valence-corrected chi connectivity index (χ0v) is 11.5. The summed E-state index contributed by atoms with van der Waals surface area (Å²) in [6.07, 6.45) is 2.68. The van der Waals surface area contributed by atoms with Crippen molar-refractivity contribution < 1.29 is 9.90 Å². The summed E-state index contributed by atoms with van der Waals surface area (Å²) in [5.74, 6) is -1.01. The van der Waals surface area contributed by atoms with Gasteiger partial charge in [-0.3, -0.25) is 0 Å². The van der Waals surface area contributed by atoms with Crippen molar-refractivity contribution in [1.82, 2.24) is 15.3 Å². The molecule has 1 aromatic heterocycles. The van der Waals surface area contributed by atoms with Crippen LogP contribution in [0.2, 0.25) is 0 Å². The molecule has 0 aliphatic carbocycles. The van der Waals surface area contributed by atoms with E-state index in [1.807, 2.05) is 13.8 Å². The third kappa shape index (κ3) is 3.39.